The van der Waals surface area contributed by atoms with E-state index in [0.717, 1.165) is 15.9 Å². The van der Waals surface area contributed by atoms with Crippen molar-refractivity contribution in [3.63, 3.8) is 0 Å². The number of benzene rings is 1. The van der Waals surface area contributed by atoms with E-state index in [-0.39, 0.29) is 29.9 Å². The Kier molecular flexibility index (Phi) is 9.50. The van der Waals surface area contributed by atoms with E-state index in [1.54, 1.807) is 0 Å². The summed E-state index contributed by atoms with van der Waals surface area (Å²) in [5.41, 5.74) is 0.861. The van der Waals surface area contributed by atoms with Gasteiger partial charge in [0.1, 0.15) is 0 Å². The standard InChI is InChI=1S/C15H24N2OS.HI/c1-5-17(4,6-2)11-12-19-15-9-7-14(8-10-15)16-13(3)18;/h7-10H,5-6,11-12H2,1-4H3;1H. The molecule has 5 heteroatoms. The van der Waals surface area contributed by atoms with E-state index in [1.165, 1.54) is 31.5 Å². The zero-order chi connectivity index (χ0) is 14.3. The van der Waals surface area contributed by atoms with Crippen molar-refractivity contribution >= 4 is 23.4 Å². The number of carbonyl (C=O) groups excluding carboxylic acids is 1. The molecule has 0 aliphatic heterocycles. The zero-order valence-corrected chi connectivity index (χ0v) is 15.8. The topological polar surface area (TPSA) is 29.1 Å². The summed E-state index contributed by atoms with van der Waals surface area (Å²) in [5, 5.41) is 2.78. The van der Waals surface area contributed by atoms with Gasteiger partial charge in [-0.15, -0.1) is 11.8 Å². The highest BCUT2D eigenvalue weighted by molar-refractivity contribution is 7.99. The molecule has 0 aliphatic rings. The third-order valence-corrected chi connectivity index (χ3v) is 4.59. The molecular formula is C15H25IN2OS. The molecule has 0 atom stereocenters. The van der Waals surface area contributed by atoms with Crippen molar-refractivity contribution in [3.05, 3.63) is 24.3 Å². The number of amides is 1. The Hall–Kier alpha value is -0.270. The number of thioether (sulfide) groups is 1. The molecule has 1 N–H and O–H groups in total. The Bertz CT molecular complexity index is 405. The second-order valence-electron chi connectivity index (χ2n) is 5.03. The first-order valence-corrected chi connectivity index (χ1v) is 7.81. The van der Waals surface area contributed by atoms with Crippen molar-refractivity contribution in [3.8, 4) is 0 Å². The number of nitrogens with zero attached hydrogens (tertiary/aromatic N) is 1. The first-order valence-electron chi connectivity index (χ1n) is 6.83. The van der Waals surface area contributed by atoms with Crippen LogP contribution in [-0.2, 0) is 4.79 Å². The van der Waals surface area contributed by atoms with Gasteiger partial charge in [-0.05, 0) is 38.1 Å². The van der Waals surface area contributed by atoms with Gasteiger partial charge in [-0.25, -0.2) is 0 Å². The van der Waals surface area contributed by atoms with E-state index in [1.807, 2.05) is 23.9 Å². The van der Waals surface area contributed by atoms with Crippen molar-refractivity contribution in [1.82, 2.24) is 0 Å². The van der Waals surface area contributed by atoms with E-state index >= 15 is 0 Å². The Morgan fingerprint density at radius 2 is 1.75 bits per heavy atom. The molecule has 3 nitrogen and oxygen atoms in total. The Labute approximate surface area is 144 Å². The molecule has 0 bridgehead atoms. The number of hydrogen-bond acceptors (Lipinski definition) is 2. The maximum absolute atomic E-state index is 10.9. The fourth-order valence-corrected chi connectivity index (χ4v) is 2.86. The molecule has 1 rings (SSSR count). The lowest BCUT2D eigenvalue weighted by molar-refractivity contribution is -0.903. The number of carbonyl (C=O) groups is 1. The molecule has 0 unspecified atom stereocenters. The van der Waals surface area contributed by atoms with Gasteiger partial charge in [0.05, 0.1) is 26.7 Å². The molecule has 114 valence electrons. The van der Waals surface area contributed by atoms with Gasteiger partial charge in [-0.3, -0.25) is 4.79 Å². The predicted molar refractivity (Wildman–Crippen MR) is 83.6 cm³/mol. The van der Waals surface area contributed by atoms with E-state index < -0.39 is 0 Å². The Morgan fingerprint density at radius 3 is 2.20 bits per heavy atom. The third kappa shape index (κ3) is 6.95. The normalized spacial score (nSPS) is 10.8. The summed E-state index contributed by atoms with van der Waals surface area (Å²) in [5.74, 6) is 1.09. The molecule has 0 fully saturated rings. The largest absolute Gasteiger partial charge is 1.00 e. The first kappa shape index (κ1) is 19.7. The SMILES string of the molecule is CC[N+](C)(CC)CCSc1ccc(NC(C)=O)cc1.[I-]. The molecule has 0 radical (unpaired) electrons. The predicted octanol–water partition coefficient (Wildman–Crippen LogP) is 0.228. The second-order valence-corrected chi connectivity index (χ2v) is 6.20. The lowest BCUT2D eigenvalue weighted by atomic mass is 10.3. The number of hydrogen-bond donors (Lipinski definition) is 1. The van der Waals surface area contributed by atoms with E-state index in [2.05, 4.69) is 38.3 Å². The van der Waals surface area contributed by atoms with E-state index in [4.69, 9.17) is 0 Å². The summed E-state index contributed by atoms with van der Waals surface area (Å²) in [6.07, 6.45) is 0. The summed E-state index contributed by atoms with van der Waals surface area (Å²) in [6.45, 7) is 9.56. The minimum atomic E-state index is -0.0284. The van der Waals surface area contributed by atoms with Crippen LogP contribution in [0.15, 0.2) is 29.2 Å². The van der Waals surface area contributed by atoms with Crippen LogP contribution in [0.2, 0.25) is 0 Å². The van der Waals surface area contributed by atoms with Crippen LogP contribution in [0.1, 0.15) is 20.8 Å². The fraction of sp³-hybridized carbons (Fsp3) is 0.533. The molecule has 1 aromatic carbocycles. The van der Waals surface area contributed by atoms with Crippen LogP contribution in [-0.4, -0.2) is 42.8 Å². The summed E-state index contributed by atoms with van der Waals surface area (Å²) >= 11 is 1.88. The first-order chi connectivity index (χ1) is 8.99. The maximum Gasteiger partial charge on any atom is 0.221 e. The molecule has 0 heterocycles. The zero-order valence-electron chi connectivity index (χ0n) is 12.8. The molecule has 20 heavy (non-hydrogen) atoms. The van der Waals surface area contributed by atoms with Gasteiger partial charge in [-0.1, -0.05) is 0 Å². The summed E-state index contributed by atoms with van der Waals surface area (Å²) < 4.78 is 1.12. The van der Waals surface area contributed by atoms with Crippen LogP contribution in [0.5, 0.6) is 0 Å². The number of quaternary nitrogens is 1. The highest BCUT2D eigenvalue weighted by Gasteiger charge is 2.15. The van der Waals surface area contributed by atoms with Gasteiger partial charge in [0.2, 0.25) is 5.91 Å². The monoisotopic (exact) mass is 408 g/mol. The quantitative estimate of drug-likeness (QED) is 0.398. The third-order valence-electron chi connectivity index (χ3n) is 3.60. The lowest BCUT2D eigenvalue weighted by Crippen LogP contribution is -3.00. The van der Waals surface area contributed by atoms with Crippen LogP contribution >= 0.6 is 11.8 Å². The van der Waals surface area contributed by atoms with Crippen LogP contribution in [0.3, 0.4) is 0 Å². The lowest BCUT2D eigenvalue weighted by Gasteiger charge is -2.31. The molecule has 1 amide bonds. The van der Waals surface area contributed by atoms with Crippen molar-refractivity contribution < 1.29 is 33.3 Å². The van der Waals surface area contributed by atoms with Crippen LogP contribution in [0, 0.1) is 0 Å². The summed E-state index contributed by atoms with van der Waals surface area (Å²) in [4.78, 5) is 12.2. The van der Waals surface area contributed by atoms with E-state index in [0.29, 0.717) is 0 Å². The number of nitrogens with one attached hydrogen (secondary N) is 1. The fourth-order valence-electron chi connectivity index (χ4n) is 1.76. The number of halogens is 1. The molecule has 0 spiro atoms. The average molecular weight is 408 g/mol. The van der Waals surface area contributed by atoms with Crippen molar-refractivity contribution in [2.24, 2.45) is 0 Å². The van der Waals surface area contributed by atoms with Crippen molar-refractivity contribution in [1.29, 1.82) is 0 Å². The van der Waals surface area contributed by atoms with Gasteiger partial charge in [0.15, 0.2) is 0 Å². The molecular weight excluding hydrogens is 383 g/mol. The minimum absolute atomic E-state index is 0. The van der Waals surface area contributed by atoms with Gasteiger partial charge in [-0.2, -0.15) is 0 Å². The van der Waals surface area contributed by atoms with Crippen molar-refractivity contribution in [2.45, 2.75) is 25.7 Å². The highest BCUT2D eigenvalue weighted by Crippen LogP contribution is 2.21. The molecule has 0 saturated heterocycles. The summed E-state index contributed by atoms with van der Waals surface area (Å²) in [6, 6.07) is 8.05. The Morgan fingerprint density at radius 1 is 1.20 bits per heavy atom. The van der Waals surface area contributed by atoms with Gasteiger partial charge in [0, 0.05) is 23.3 Å². The van der Waals surface area contributed by atoms with Crippen molar-refractivity contribution in [2.75, 3.05) is 37.8 Å². The van der Waals surface area contributed by atoms with Crippen LogP contribution in [0.4, 0.5) is 5.69 Å². The van der Waals surface area contributed by atoms with Gasteiger partial charge >= 0.3 is 0 Å². The Balaban J connectivity index is 0.00000361. The summed E-state index contributed by atoms with van der Waals surface area (Å²) in [7, 11) is 2.31. The molecule has 0 aliphatic carbocycles. The molecule has 1 aromatic rings. The van der Waals surface area contributed by atoms with E-state index in [9.17, 15) is 4.79 Å². The van der Waals surface area contributed by atoms with Crippen LogP contribution < -0.4 is 29.3 Å². The van der Waals surface area contributed by atoms with Gasteiger partial charge < -0.3 is 33.8 Å². The van der Waals surface area contributed by atoms with Gasteiger partial charge in [0.25, 0.3) is 0 Å². The highest BCUT2D eigenvalue weighted by atomic mass is 127. The number of anilines is 1. The average Bonchev–Trinajstić information content (AvgIpc) is 2.40. The minimum Gasteiger partial charge on any atom is -1.00 e. The molecule has 0 saturated carbocycles. The maximum atomic E-state index is 10.9. The smallest absolute Gasteiger partial charge is 0.221 e. The second kappa shape index (κ2) is 9.63. The number of rotatable bonds is 7. The molecule has 0 aromatic heterocycles. The van der Waals surface area contributed by atoms with Crippen LogP contribution in [0.25, 0.3) is 0 Å².